The van der Waals surface area contributed by atoms with Gasteiger partial charge in [0.05, 0.1) is 0 Å². The SMILES string of the molecule is CCC(C)c1ccc(OCCN2CC(C)CC(C)C2)cc1. The van der Waals surface area contributed by atoms with Gasteiger partial charge in [0, 0.05) is 19.6 Å². The Morgan fingerprint density at radius 3 is 2.33 bits per heavy atom. The predicted octanol–water partition coefficient (Wildman–Crippen LogP) is 4.56. The van der Waals surface area contributed by atoms with Crippen LogP contribution in [0.5, 0.6) is 5.75 Å². The van der Waals surface area contributed by atoms with Gasteiger partial charge in [0.2, 0.25) is 0 Å². The van der Waals surface area contributed by atoms with Crippen molar-refractivity contribution < 1.29 is 4.74 Å². The van der Waals surface area contributed by atoms with E-state index < -0.39 is 0 Å². The number of ether oxygens (including phenoxy) is 1. The van der Waals surface area contributed by atoms with Crippen molar-refractivity contribution in [1.29, 1.82) is 0 Å². The topological polar surface area (TPSA) is 12.5 Å². The minimum Gasteiger partial charge on any atom is -0.492 e. The lowest BCUT2D eigenvalue weighted by molar-refractivity contribution is 0.120. The van der Waals surface area contributed by atoms with Crippen LogP contribution in [0.2, 0.25) is 0 Å². The Kier molecular flexibility index (Phi) is 6.10. The van der Waals surface area contributed by atoms with Gasteiger partial charge in [-0.3, -0.25) is 4.90 Å². The second kappa shape index (κ2) is 7.84. The van der Waals surface area contributed by atoms with Crippen LogP contribution in [-0.2, 0) is 0 Å². The summed E-state index contributed by atoms with van der Waals surface area (Å²) in [7, 11) is 0. The fraction of sp³-hybridized carbons (Fsp3) is 0.684. The number of likely N-dealkylation sites (tertiary alicyclic amines) is 1. The summed E-state index contributed by atoms with van der Waals surface area (Å²) in [4.78, 5) is 2.55. The molecule has 1 aromatic carbocycles. The Labute approximate surface area is 130 Å². The zero-order valence-corrected chi connectivity index (χ0v) is 14.1. The number of hydrogen-bond donors (Lipinski definition) is 0. The minimum absolute atomic E-state index is 0.635. The molecule has 0 aromatic heterocycles. The zero-order chi connectivity index (χ0) is 15.2. The molecule has 1 fully saturated rings. The number of hydrogen-bond acceptors (Lipinski definition) is 2. The molecular weight excluding hydrogens is 258 g/mol. The molecule has 2 heteroatoms. The van der Waals surface area contributed by atoms with Gasteiger partial charge in [0.15, 0.2) is 0 Å². The van der Waals surface area contributed by atoms with E-state index in [1.807, 2.05) is 0 Å². The van der Waals surface area contributed by atoms with Gasteiger partial charge in [-0.15, -0.1) is 0 Å². The van der Waals surface area contributed by atoms with Gasteiger partial charge in [-0.2, -0.15) is 0 Å². The quantitative estimate of drug-likeness (QED) is 0.761. The third kappa shape index (κ3) is 5.03. The standard InChI is InChI=1S/C19H31NO/c1-5-17(4)18-6-8-19(9-7-18)21-11-10-20-13-15(2)12-16(3)14-20/h6-9,15-17H,5,10-14H2,1-4H3. The molecular formula is C19H31NO. The van der Waals surface area contributed by atoms with E-state index in [4.69, 9.17) is 4.74 Å². The average Bonchev–Trinajstić information content (AvgIpc) is 2.46. The van der Waals surface area contributed by atoms with Crippen molar-refractivity contribution in [1.82, 2.24) is 4.90 Å². The van der Waals surface area contributed by atoms with Crippen LogP contribution in [0.1, 0.15) is 52.0 Å². The second-order valence-corrected chi connectivity index (χ2v) is 6.93. The number of piperidine rings is 1. The lowest BCUT2D eigenvalue weighted by atomic mass is 9.92. The second-order valence-electron chi connectivity index (χ2n) is 6.93. The van der Waals surface area contributed by atoms with Crippen molar-refractivity contribution in [3.8, 4) is 5.75 Å². The highest BCUT2D eigenvalue weighted by Crippen LogP contribution is 2.22. The lowest BCUT2D eigenvalue weighted by Crippen LogP contribution is -2.40. The lowest BCUT2D eigenvalue weighted by Gasteiger charge is -2.34. The van der Waals surface area contributed by atoms with Crippen LogP contribution in [0.15, 0.2) is 24.3 Å². The van der Waals surface area contributed by atoms with E-state index in [0.29, 0.717) is 5.92 Å². The molecule has 0 radical (unpaired) electrons. The first kappa shape index (κ1) is 16.4. The maximum absolute atomic E-state index is 5.91. The van der Waals surface area contributed by atoms with Gasteiger partial charge < -0.3 is 4.74 Å². The normalized spacial score (nSPS) is 24.8. The molecule has 0 aliphatic carbocycles. The Morgan fingerprint density at radius 2 is 1.76 bits per heavy atom. The molecule has 21 heavy (non-hydrogen) atoms. The summed E-state index contributed by atoms with van der Waals surface area (Å²) in [6.07, 6.45) is 2.56. The van der Waals surface area contributed by atoms with Crippen LogP contribution in [0.3, 0.4) is 0 Å². The first-order chi connectivity index (χ1) is 10.1. The zero-order valence-electron chi connectivity index (χ0n) is 14.1. The van der Waals surface area contributed by atoms with E-state index in [9.17, 15) is 0 Å². The smallest absolute Gasteiger partial charge is 0.119 e. The van der Waals surface area contributed by atoms with E-state index in [-0.39, 0.29) is 0 Å². The largest absolute Gasteiger partial charge is 0.492 e. The van der Waals surface area contributed by atoms with Crippen molar-refractivity contribution in [3.05, 3.63) is 29.8 Å². The van der Waals surface area contributed by atoms with Gasteiger partial charge >= 0.3 is 0 Å². The molecule has 0 bridgehead atoms. The van der Waals surface area contributed by atoms with Crippen LogP contribution in [0.25, 0.3) is 0 Å². The summed E-state index contributed by atoms with van der Waals surface area (Å²) in [6, 6.07) is 8.63. The van der Waals surface area contributed by atoms with Gasteiger partial charge in [-0.1, -0.05) is 39.8 Å². The Morgan fingerprint density at radius 1 is 1.14 bits per heavy atom. The maximum atomic E-state index is 5.91. The highest BCUT2D eigenvalue weighted by molar-refractivity contribution is 5.29. The molecule has 0 spiro atoms. The molecule has 3 unspecified atom stereocenters. The molecule has 1 heterocycles. The summed E-state index contributed by atoms with van der Waals surface area (Å²) in [6.45, 7) is 13.5. The summed E-state index contributed by atoms with van der Waals surface area (Å²) < 4.78 is 5.91. The molecule has 1 aliphatic heterocycles. The molecule has 2 nitrogen and oxygen atoms in total. The Balaban J connectivity index is 1.75. The monoisotopic (exact) mass is 289 g/mol. The first-order valence-corrected chi connectivity index (χ1v) is 8.53. The average molecular weight is 289 g/mol. The van der Waals surface area contributed by atoms with E-state index >= 15 is 0 Å². The molecule has 0 saturated carbocycles. The summed E-state index contributed by atoms with van der Waals surface area (Å²) in [5.41, 5.74) is 1.41. The van der Waals surface area contributed by atoms with Crippen molar-refractivity contribution in [2.75, 3.05) is 26.2 Å². The molecule has 0 amide bonds. The molecule has 1 aliphatic rings. The van der Waals surface area contributed by atoms with E-state index in [0.717, 1.165) is 30.7 Å². The van der Waals surface area contributed by atoms with Crippen LogP contribution >= 0.6 is 0 Å². The first-order valence-electron chi connectivity index (χ1n) is 8.53. The predicted molar refractivity (Wildman–Crippen MR) is 90.0 cm³/mol. The van der Waals surface area contributed by atoms with Gasteiger partial charge in [-0.25, -0.2) is 0 Å². The van der Waals surface area contributed by atoms with E-state index in [1.165, 1.54) is 31.5 Å². The van der Waals surface area contributed by atoms with Gasteiger partial charge in [0.1, 0.15) is 12.4 Å². The molecule has 118 valence electrons. The van der Waals surface area contributed by atoms with Crippen LogP contribution in [0.4, 0.5) is 0 Å². The van der Waals surface area contributed by atoms with Crippen molar-refractivity contribution >= 4 is 0 Å². The van der Waals surface area contributed by atoms with Gasteiger partial charge in [-0.05, 0) is 48.3 Å². The van der Waals surface area contributed by atoms with E-state index in [2.05, 4.69) is 56.9 Å². The third-order valence-electron chi connectivity index (χ3n) is 4.68. The Bertz CT molecular complexity index is 404. The summed E-state index contributed by atoms with van der Waals surface area (Å²) in [5.74, 6) is 3.28. The number of benzene rings is 1. The van der Waals surface area contributed by atoms with Crippen molar-refractivity contribution in [2.24, 2.45) is 11.8 Å². The molecule has 1 aromatic rings. The highest BCUT2D eigenvalue weighted by atomic mass is 16.5. The van der Waals surface area contributed by atoms with Gasteiger partial charge in [0.25, 0.3) is 0 Å². The maximum Gasteiger partial charge on any atom is 0.119 e. The minimum atomic E-state index is 0.635. The van der Waals surface area contributed by atoms with Crippen LogP contribution in [-0.4, -0.2) is 31.1 Å². The molecule has 2 rings (SSSR count). The van der Waals surface area contributed by atoms with Crippen LogP contribution < -0.4 is 4.74 Å². The fourth-order valence-corrected chi connectivity index (χ4v) is 3.40. The third-order valence-corrected chi connectivity index (χ3v) is 4.68. The molecule has 1 saturated heterocycles. The van der Waals surface area contributed by atoms with Crippen LogP contribution in [0, 0.1) is 11.8 Å². The number of nitrogens with zero attached hydrogens (tertiary/aromatic N) is 1. The Hall–Kier alpha value is -1.02. The highest BCUT2D eigenvalue weighted by Gasteiger charge is 2.21. The summed E-state index contributed by atoms with van der Waals surface area (Å²) in [5, 5.41) is 0. The fourth-order valence-electron chi connectivity index (χ4n) is 3.40. The van der Waals surface area contributed by atoms with Crippen molar-refractivity contribution in [2.45, 2.75) is 46.5 Å². The summed E-state index contributed by atoms with van der Waals surface area (Å²) >= 11 is 0. The van der Waals surface area contributed by atoms with Crippen molar-refractivity contribution in [3.63, 3.8) is 0 Å². The molecule has 0 N–H and O–H groups in total. The number of rotatable bonds is 6. The molecule has 3 atom stereocenters. The van der Waals surface area contributed by atoms with E-state index in [1.54, 1.807) is 0 Å².